The lowest BCUT2D eigenvalue weighted by atomic mass is 10.1. The molecule has 1 fully saturated rings. The fourth-order valence-electron chi connectivity index (χ4n) is 3.18. The topological polar surface area (TPSA) is 63.4 Å². The third-order valence-corrected chi connectivity index (χ3v) is 6.37. The molecule has 6 heteroatoms. The molecule has 1 saturated heterocycles. The number of benzene rings is 1. The summed E-state index contributed by atoms with van der Waals surface area (Å²) in [6.07, 6.45) is 2.51. The Balaban J connectivity index is 1.90. The SMILES string of the molecule is Cc1noc(C)c1S(=O)(=O)N1CCC[C@@H]1Cc1ccccc1. The second-order valence-electron chi connectivity index (χ2n) is 5.75. The van der Waals surface area contributed by atoms with Gasteiger partial charge in [0.1, 0.15) is 10.6 Å². The van der Waals surface area contributed by atoms with Gasteiger partial charge < -0.3 is 4.52 Å². The van der Waals surface area contributed by atoms with Crippen molar-refractivity contribution >= 4 is 10.0 Å². The maximum absolute atomic E-state index is 13.0. The van der Waals surface area contributed by atoms with E-state index in [1.807, 2.05) is 30.3 Å². The molecule has 1 atom stereocenters. The van der Waals surface area contributed by atoms with Gasteiger partial charge in [-0.3, -0.25) is 0 Å². The number of aromatic nitrogens is 1. The molecular weight excluding hydrogens is 300 g/mol. The molecule has 1 aromatic heterocycles. The average Bonchev–Trinajstić information content (AvgIpc) is 3.07. The maximum atomic E-state index is 13.0. The molecule has 0 amide bonds. The summed E-state index contributed by atoms with van der Waals surface area (Å²) in [6.45, 7) is 3.88. The Morgan fingerprint density at radius 1 is 1.27 bits per heavy atom. The first-order valence-corrected chi connectivity index (χ1v) is 8.93. The molecule has 118 valence electrons. The van der Waals surface area contributed by atoms with Gasteiger partial charge in [0.15, 0.2) is 5.76 Å². The van der Waals surface area contributed by atoms with Gasteiger partial charge in [-0.1, -0.05) is 35.5 Å². The van der Waals surface area contributed by atoms with E-state index in [1.165, 1.54) is 0 Å². The van der Waals surface area contributed by atoms with Crippen molar-refractivity contribution in [1.29, 1.82) is 0 Å². The van der Waals surface area contributed by atoms with Crippen LogP contribution in [-0.2, 0) is 16.4 Å². The van der Waals surface area contributed by atoms with Crippen LogP contribution in [0.5, 0.6) is 0 Å². The summed E-state index contributed by atoms with van der Waals surface area (Å²) in [5, 5.41) is 3.78. The number of rotatable bonds is 4. The lowest BCUT2D eigenvalue weighted by Gasteiger charge is -2.24. The summed E-state index contributed by atoms with van der Waals surface area (Å²) < 4.78 is 32.6. The molecule has 0 saturated carbocycles. The average molecular weight is 320 g/mol. The van der Waals surface area contributed by atoms with Crippen molar-refractivity contribution in [2.45, 2.75) is 44.0 Å². The molecule has 0 radical (unpaired) electrons. The highest BCUT2D eigenvalue weighted by atomic mass is 32.2. The van der Waals surface area contributed by atoms with Crippen molar-refractivity contribution in [3.05, 3.63) is 47.3 Å². The van der Waals surface area contributed by atoms with Crippen LogP contribution >= 0.6 is 0 Å². The Morgan fingerprint density at radius 3 is 2.64 bits per heavy atom. The minimum Gasteiger partial charge on any atom is -0.360 e. The van der Waals surface area contributed by atoms with Crippen LogP contribution in [0.4, 0.5) is 0 Å². The highest BCUT2D eigenvalue weighted by Crippen LogP contribution is 2.31. The van der Waals surface area contributed by atoms with E-state index >= 15 is 0 Å². The highest BCUT2D eigenvalue weighted by molar-refractivity contribution is 7.89. The van der Waals surface area contributed by atoms with Crippen molar-refractivity contribution in [1.82, 2.24) is 9.46 Å². The molecule has 0 N–H and O–H groups in total. The maximum Gasteiger partial charge on any atom is 0.248 e. The normalized spacial score (nSPS) is 19.6. The first-order valence-electron chi connectivity index (χ1n) is 7.49. The number of hydrogen-bond acceptors (Lipinski definition) is 4. The zero-order valence-electron chi connectivity index (χ0n) is 12.8. The fourth-order valence-corrected chi connectivity index (χ4v) is 5.16. The highest BCUT2D eigenvalue weighted by Gasteiger charge is 2.38. The lowest BCUT2D eigenvalue weighted by Crippen LogP contribution is -2.37. The van der Waals surface area contributed by atoms with E-state index in [1.54, 1.807) is 18.2 Å². The van der Waals surface area contributed by atoms with E-state index in [4.69, 9.17) is 4.52 Å². The van der Waals surface area contributed by atoms with Gasteiger partial charge in [-0.05, 0) is 38.7 Å². The van der Waals surface area contributed by atoms with Gasteiger partial charge in [-0.2, -0.15) is 4.31 Å². The quantitative estimate of drug-likeness (QED) is 0.869. The Hall–Kier alpha value is -1.66. The van der Waals surface area contributed by atoms with Gasteiger partial charge in [0.05, 0.1) is 0 Å². The summed E-state index contributed by atoms with van der Waals surface area (Å²) >= 11 is 0. The smallest absolute Gasteiger partial charge is 0.248 e. The summed E-state index contributed by atoms with van der Waals surface area (Å²) in [6, 6.07) is 10.0. The monoisotopic (exact) mass is 320 g/mol. The molecule has 2 aromatic rings. The second-order valence-corrected chi connectivity index (χ2v) is 7.58. The van der Waals surface area contributed by atoms with Gasteiger partial charge in [0, 0.05) is 12.6 Å². The molecule has 2 heterocycles. The van der Waals surface area contributed by atoms with Crippen molar-refractivity contribution in [2.75, 3.05) is 6.54 Å². The first kappa shape index (κ1) is 15.2. The van der Waals surface area contributed by atoms with Gasteiger partial charge >= 0.3 is 0 Å². The summed E-state index contributed by atoms with van der Waals surface area (Å²) in [4.78, 5) is 0.229. The molecule has 0 unspecified atom stereocenters. The summed E-state index contributed by atoms with van der Waals surface area (Å²) in [5.74, 6) is 0.364. The Labute approximate surface area is 131 Å². The van der Waals surface area contributed by atoms with Crippen LogP contribution in [0.3, 0.4) is 0 Å². The van der Waals surface area contributed by atoms with Crippen LogP contribution in [0.25, 0.3) is 0 Å². The summed E-state index contributed by atoms with van der Waals surface area (Å²) in [7, 11) is -3.55. The van der Waals surface area contributed by atoms with E-state index in [9.17, 15) is 8.42 Å². The number of aryl methyl sites for hydroxylation is 2. The van der Waals surface area contributed by atoms with Crippen LogP contribution in [-0.4, -0.2) is 30.5 Å². The van der Waals surface area contributed by atoms with Crippen LogP contribution in [0.1, 0.15) is 29.9 Å². The predicted molar refractivity (Wildman–Crippen MR) is 83.0 cm³/mol. The van der Waals surface area contributed by atoms with E-state index in [0.717, 1.165) is 24.8 Å². The van der Waals surface area contributed by atoms with Gasteiger partial charge in [0.2, 0.25) is 10.0 Å². The molecule has 1 aliphatic rings. The van der Waals surface area contributed by atoms with E-state index < -0.39 is 10.0 Å². The van der Waals surface area contributed by atoms with Gasteiger partial charge in [0.25, 0.3) is 0 Å². The van der Waals surface area contributed by atoms with Crippen LogP contribution in [0, 0.1) is 13.8 Å². The molecule has 0 bridgehead atoms. The molecule has 1 aromatic carbocycles. The molecule has 5 nitrogen and oxygen atoms in total. The third kappa shape index (κ3) is 2.68. The zero-order valence-corrected chi connectivity index (χ0v) is 13.6. The van der Waals surface area contributed by atoms with E-state index in [2.05, 4.69) is 5.16 Å². The largest absolute Gasteiger partial charge is 0.360 e. The van der Waals surface area contributed by atoms with E-state index in [-0.39, 0.29) is 10.9 Å². The minimum absolute atomic E-state index is 0.00102. The Morgan fingerprint density at radius 2 is 2.00 bits per heavy atom. The fraction of sp³-hybridized carbons (Fsp3) is 0.438. The number of sulfonamides is 1. The molecule has 0 aliphatic carbocycles. The molecular formula is C16H20N2O3S. The van der Waals surface area contributed by atoms with Crippen LogP contribution < -0.4 is 0 Å². The number of hydrogen-bond donors (Lipinski definition) is 0. The van der Waals surface area contributed by atoms with Crippen molar-refractivity contribution in [3.63, 3.8) is 0 Å². The van der Waals surface area contributed by atoms with Gasteiger partial charge in [-0.15, -0.1) is 0 Å². The Kier molecular flexibility index (Phi) is 4.06. The van der Waals surface area contributed by atoms with Crippen LogP contribution in [0.15, 0.2) is 39.8 Å². The van der Waals surface area contributed by atoms with Gasteiger partial charge in [-0.25, -0.2) is 8.42 Å². The minimum atomic E-state index is -3.55. The van der Waals surface area contributed by atoms with Crippen molar-refractivity contribution in [2.24, 2.45) is 0 Å². The van der Waals surface area contributed by atoms with E-state index in [0.29, 0.717) is 18.0 Å². The Bertz CT molecular complexity index is 733. The molecule has 1 aliphatic heterocycles. The predicted octanol–water partition coefficient (Wildman–Crippen LogP) is 2.69. The number of nitrogens with zero attached hydrogens (tertiary/aromatic N) is 2. The first-order chi connectivity index (χ1) is 10.5. The zero-order chi connectivity index (χ0) is 15.7. The van der Waals surface area contributed by atoms with Crippen LogP contribution in [0.2, 0.25) is 0 Å². The van der Waals surface area contributed by atoms with Crippen molar-refractivity contribution in [3.8, 4) is 0 Å². The standard InChI is InChI=1S/C16H20N2O3S/c1-12-16(13(2)21-17-12)22(19,20)18-10-6-9-15(18)11-14-7-4-3-5-8-14/h3-5,7-8,15H,6,9-11H2,1-2H3/t15-/m1/s1. The lowest BCUT2D eigenvalue weighted by molar-refractivity contribution is 0.379. The third-order valence-electron chi connectivity index (χ3n) is 4.17. The van der Waals surface area contributed by atoms with Crippen molar-refractivity contribution < 1.29 is 12.9 Å². The second kappa shape index (κ2) is 5.85. The summed E-state index contributed by atoms with van der Waals surface area (Å²) in [5.41, 5.74) is 1.59. The molecule has 0 spiro atoms. The molecule has 3 rings (SSSR count). The molecule has 22 heavy (non-hydrogen) atoms.